The van der Waals surface area contributed by atoms with E-state index in [2.05, 4.69) is 10.2 Å². The normalized spacial score (nSPS) is 38.3. The van der Waals surface area contributed by atoms with Crippen molar-refractivity contribution in [3.05, 3.63) is 0 Å². The number of thioether (sulfide) groups is 1. The van der Waals surface area contributed by atoms with Gasteiger partial charge in [-0.25, -0.2) is 8.42 Å². The van der Waals surface area contributed by atoms with E-state index in [1.165, 1.54) is 32.1 Å². The predicted octanol–water partition coefficient (Wildman–Crippen LogP) is 1.72. The van der Waals surface area contributed by atoms with Gasteiger partial charge >= 0.3 is 0 Å². The molecule has 3 aliphatic rings. The first-order valence-electron chi connectivity index (χ1n) is 8.39. The maximum absolute atomic E-state index is 12.3. The van der Waals surface area contributed by atoms with Gasteiger partial charge in [0.1, 0.15) is 5.37 Å². The first-order chi connectivity index (χ1) is 10.1. The van der Waals surface area contributed by atoms with Crippen molar-refractivity contribution in [2.24, 2.45) is 5.92 Å². The van der Waals surface area contributed by atoms with Crippen LogP contribution in [0, 0.1) is 5.92 Å². The number of rotatable bonds is 4. The molecule has 2 aliphatic heterocycles. The van der Waals surface area contributed by atoms with Crippen molar-refractivity contribution < 1.29 is 8.42 Å². The highest BCUT2D eigenvalue weighted by Gasteiger charge is 2.39. The number of sulfone groups is 1. The summed E-state index contributed by atoms with van der Waals surface area (Å²) in [5.41, 5.74) is 0. The lowest BCUT2D eigenvalue weighted by atomic mass is 9.85. The maximum atomic E-state index is 12.3. The van der Waals surface area contributed by atoms with E-state index in [0.717, 1.165) is 30.5 Å². The van der Waals surface area contributed by atoms with Crippen LogP contribution >= 0.6 is 11.8 Å². The van der Waals surface area contributed by atoms with E-state index in [1.54, 1.807) is 18.7 Å². The molecule has 4 unspecified atom stereocenters. The molecule has 3 rings (SSSR count). The van der Waals surface area contributed by atoms with Crippen LogP contribution in [-0.4, -0.2) is 61.1 Å². The number of hydrogen-bond donors (Lipinski definition) is 1. The summed E-state index contributed by atoms with van der Waals surface area (Å²) in [5.74, 6) is 2.91. The van der Waals surface area contributed by atoms with Gasteiger partial charge in [-0.3, -0.25) is 4.90 Å². The molecule has 0 bridgehead atoms. The Balaban J connectivity index is 1.63. The van der Waals surface area contributed by atoms with Crippen LogP contribution in [0.2, 0.25) is 0 Å². The Kier molecular flexibility index (Phi) is 5.19. The van der Waals surface area contributed by atoms with E-state index in [0.29, 0.717) is 12.1 Å². The molecule has 1 aliphatic carbocycles. The highest BCUT2D eigenvalue weighted by atomic mass is 32.2. The monoisotopic (exact) mass is 332 g/mol. The molecule has 0 spiro atoms. The summed E-state index contributed by atoms with van der Waals surface area (Å²) in [5, 5.41) is 3.53. The van der Waals surface area contributed by atoms with Crippen molar-refractivity contribution in [2.45, 2.75) is 56.5 Å². The quantitative estimate of drug-likeness (QED) is 0.849. The molecule has 1 saturated carbocycles. The summed E-state index contributed by atoms with van der Waals surface area (Å²) >= 11 is 1.79. The molecule has 0 aromatic heterocycles. The Hall–Kier alpha value is 0.220. The number of hydrogen-bond acceptors (Lipinski definition) is 5. The molecule has 4 nitrogen and oxygen atoms in total. The van der Waals surface area contributed by atoms with Crippen molar-refractivity contribution in [2.75, 3.05) is 30.3 Å². The van der Waals surface area contributed by atoms with Crippen LogP contribution in [0.5, 0.6) is 0 Å². The first kappa shape index (κ1) is 16.1. The molecule has 0 aromatic rings. The molecule has 122 valence electrons. The summed E-state index contributed by atoms with van der Waals surface area (Å²) in [4.78, 5) is 2.24. The van der Waals surface area contributed by atoms with Gasteiger partial charge < -0.3 is 5.32 Å². The number of nitrogens with zero attached hydrogens (tertiary/aromatic N) is 1. The Morgan fingerprint density at radius 2 is 2.10 bits per heavy atom. The Morgan fingerprint density at radius 1 is 1.29 bits per heavy atom. The van der Waals surface area contributed by atoms with E-state index >= 15 is 0 Å². The molecule has 2 heterocycles. The van der Waals surface area contributed by atoms with Gasteiger partial charge in [-0.2, -0.15) is 11.8 Å². The van der Waals surface area contributed by atoms with E-state index in [4.69, 9.17) is 0 Å². The van der Waals surface area contributed by atoms with Crippen LogP contribution in [-0.2, 0) is 9.84 Å². The van der Waals surface area contributed by atoms with E-state index < -0.39 is 9.84 Å². The SMILES string of the molecule is CCS(=O)(=O)C1CSCCN1CC1CC2CCCCC2N1. The molecule has 0 radical (unpaired) electrons. The van der Waals surface area contributed by atoms with Gasteiger partial charge in [0.05, 0.1) is 0 Å². The van der Waals surface area contributed by atoms with Gasteiger partial charge in [0.25, 0.3) is 0 Å². The van der Waals surface area contributed by atoms with Gasteiger partial charge in [-0.05, 0) is 25.2 Å². The third kappa shape index (κ3) is 3.59. The molecule has 3 fully saturated rings. The van der Waals surface area contributed by atoms with Crippen molar-refractivity contribution in [3.8, 4) is 0 Å². The summed E-state index contributed by atoms with van der Waals surface area (Å²) in [6.07, 6.45) is 6.65. The second-order valence-corrected chi connectivity index (χ2v) is 10.3. The molecule has 2 saturated heterocycles. The van der Waals surface area contributed by atoms with Crippen molar-refractivity contribution in [1.82, 2.24) is 10.2 Å². The average molecular weight is 333 g/mol. The largest absolute Gasteiger partial charge is 0.310 e. The van der Waals surface area contributed by atoms with Crippen LogP contribution in [0.3, 0.4) is 0 Å². The van der Waals surface area contributed by atoms with E-state index in [-0.39, 0.29) is 11.1 Å². The minimum absolute atomic E-state index is 0.259. The van der Waals surface area contributed by atoms with Crippen LogP contribution < -0.4 is 5.32 Å². The lowest BCUT2D eigenvalue weighted by Crippen LogP contribution is -2.52. The van der Waals surface area contributed by atoms with Crippen LogP contribution in [0.4, 0.5) is 0 Å². The minimum Gasteiger partial charge on any atom is -0.310 e. The summed E-state index contributed by atoms with van der Waals surface area (Å²) in [6, 6.07) is 1.19. The minimum atomic E-state index is -2.96. The fourth-order valence-electron chi connectivity index (χ4n) is 4.20. The molecule has 1 N–H and O–H groups in total. The van der Waals surface area contributed by atoms with Crippen molar-refractivity contribution in [3.63, 3.8) is 0 Å². The van der Waals surface area contributed by atoms with Crippen molar-refractivity contribution in [1.29, 1.82) is 0 Å². The summed E-state index contributed by atoms with van der Waals surface area (Å²) in [7, 11) is -2.96. The molecule has 0 amide bonds. The van der Waals surface area contributed by atoms with Gasteiger partial charge in [-0.1, -0.05) is 19.8 Å². The maximum Gasteiger partial charge on any atom is 0.166 e. The standard InChI is InChI=1S/C15H28N2O2S2/c1-2-21(18,19)15-11-20-8-7-17(15)10-13-9-12-5-3-4-6-14(12)16-13/h12-16H,2-11H2,1H3. The number of nitrogens with one attached hydrogen (secondary N) is 1. The Bertz CT molecular complexity index is 441. The zero-order chi connectivity index (χ0) is 14.9. The lowest BCUT2D eigenvalue weighted by Gasteiger charge is -2.36. The fourth-order valence-corrected chi connectivity index (χ4v) is 7.29. The molecule has 21 heavy (non-hydrogen) atoms. The summed E-state index contributed by atoms with van der Waals surface area (Å²) in [6.45, 7) is 3.61. The fraction of sp³-hybridized carbons (Fsp3) is 1.00. The van der Waals surface area contributed by atoms with E-state index in [1.807, 2.05) is 0 Å². The Morgan fingerprint density at radius 3 is 2.86 bits per heavy atom. The van der Waals surface area contributed by atoms with E-state index in [9.17, 15) is 8.42 Å². The Labute approximate surface area is 133 Å². The average Bonchev–Trinajstić information content (AvgIpc) is 2.90. The lowest BCUT2D eigenvalue weighted by molar-refractivity contribution is 0.243. The van der Waals surface area contributed by atoms with Crippen LogP contribution in [0.25, 0.3) is 0 Å². The molecular formula is C15H28N2O2S2. The van der Waals surface area contributed by atoms with Gasteiger partial charge in [-0.15, -0.1) is 0 Å². The second-order valence-electron chi connectivity index (χ2n) is 6.73. The predicted molar refractivity (Wildman–Crippen MR) is 89.4 cm³/mol. The van der Waals surface area contributed by atoms with Gasteiger partial charge in [0, 0.05) is 42.4 Å². The molecule has 0 aromatic carbocycles. The summed E-state index contributed by atoms with van der Waals surface area (Å²) < 4.78 is 24.6. The zero-order valence-corrected chi connectivity index (χ0v) is 14.6. The zero-order valence-electron chi connectivity index (χ0n) is 13.0. The van der Waals surface area contributed by atoms with Gasteiger partial charge in [0.15, 0.2) is 9.84 Å². The smallest absolute Gasteiger partial charge is 0.166 e. The first-order valence-corrected chi connectivity index (χ1v) is 11.3. The molecule has 4 atom stereocenters. The second kappa shape index (κ2) is 6.77. The van der Waals surface area contributed by atoms with Crippen LogP contribution in [0.15, 0.2) is 0 Å². The molecule has 6 heteroatoms. The topological polar surface area (TPSA) is 49.4 Å². The third-order valence-corrected chi connectivity index (χ3v) is 8.74. The van der Waals surface area contributed by atoms with Crippen LogP contribution in [0.1, 0.15) is 39.0 Å². The third-order valence-electron chi connectivity index (χ3n) is 5.41. The molecular weight excluding hydrogens is 304 g/mol. The van der Waals surface area contributed by atoms with Gasteiger partial charge in [0.2, 0.25) is 0 Å². The van der Waals surface area contributed by atoms with Crippen molar-refractivity contribution >= 4 is 21.6 Å². The number of fused-ring (bicyclic) bond motifs is 1. The highest BCUT2D eigenvalue weighted by molar-refractivity contribution is 8.01. The highest BCUT2D eigenvalue weighted by Crippen LogP contribution is 2.34.